The molecule has 1 aromatic carbocycles. The third-order valence-corrected chi connectivity index (χ3v) is 1.97. The van der Waals surface area contributed by atoms with Crippen LogP contribution in [-0.2, 0) is 11.4 Å². The van der Waals surface area contributed by atoms with E-state index < -0.39 is 6.17 Å². The van der Waals surface area contributed by atoms with E-state index in [1.807, 2.05) is 0 Å². The Morgan fingerprint density at radius 1 is 1.57 bits per heavy atom. The van der Waals surface area contributed by atoms with Gasteiger partial charge in [-0.3, -0.25) is 0 Å². The summed E-state index contributed by atoms with van der Waals surface area (Å²) in [5.41, 5.74) is 3.76. The Hall–Kier alpha value is -1.13. The van der Waals surface area contributed by atoms with Crippen molar-refractivity contribution >= 4 is 0 Å². The molecule has 3 nitrogen and oxygen atoms in total. The zero-order chi connectivity index (χ0) is 10.6. The molecular formula is C10H14FNO2. The van der Waals surface area contributed by atoms with E-state index in [9.17, 15) is 9.50 Å². The summed E-state index contributed by atoms with van der Waals surface area (Å²) in [5.74, 6) is 0.138. The molecule has 0 spiro atoms. The molecular weight excluding hydrogens is 185 g/mol. The zero-order valence-electron chi connectivity index (χ0n) is 8.25. The van der Waals surface area contributed by atoms with Crippen molar-refractivity contribution in [1.29, 1.82) is 0 Å². The van der Waals surface area contributed by atoms with Crippen molar-refractivity contribution in [1.82, 2.24) is 5.48 Å². The predicted molar refractivity (Wildman–Crippen MR) is 51.5 cm³/mol. The van der Waals surface area contributed by atoms with Gasteiger partial charge < -0.3 is 9.94 Å². The maximum atomic E-state index is 12.9. The van der Waals surface area contributed by atoms with E-state index in [1.165, 1.54) is 20.1 Å². The molecule has 1 unspecified atom stereocenters. The quantitative estimate of drug-likeness (QED) is 0.729. The highest BCUT2D eigenvalue weighted by molar-refractivity contribution is 5.36. The fourth-order valence-corrected chi connectivity index (χ4v) is 1.14. The van der Waals surface area contributed by atoms with Crippen LogP contribution in [0, 0.1) is 0 Å². The van der Waals surface area contributed by atoms with Crippen molar-refractivity contribution in [2.75, 3.05) is 7.11 Å². The molecule has 0 aliphatic heterocycles. The highest BCUT2D eigenvalue weighted by Crippen LogP contribution is 2.23. The van der Waals surface area contributed by atoms with Gasteiger partial charge in [-0.05, 0) is 24.6 Å². The molecule has 0 radical (unpaired) electrons. The highest BCUT2D eigenvalue weighted by Gasteiger charge is 2.07. The predicted octanol–water partition coefficient (Wildman–Crippen LogP) is 2.07. The summed E-state index contributed by atoms with van der Waals surface area (Å²) in [6.07, 6.45) is -1.03. The molecule has 0 heterocycles. The molecule has 0 saturated carbocycles. The van der Waals surface area contributed by atoms with Gasteiger partial charge in [0.2, 0.25) is 0 Å². The second-order valence-electron chi connectivity index (χ2n) is 3.03. The van der Waals surface area contributed by atoms with E-state index in [0.717, 1.165) is 0 Å². The van der Waals surface area contributed by atoms with Crippen molar-refractivity contribution in [2.45, 2.75) is 19.6 Å². The molecule has 0 saturated heterocycles. The number of nitrogens with one attached hydrogen (secondary N) is 1. The molecule has 2 N–H and O–H groups in total. The van der Waals surface area contributed by atoms with Crippen LogP contribution in [0.5, 0.6) is 5.75 Å². The van der Waals surface area contributed by atoms with Gasteiger partial charge >= 0.3 is 0 Å². The minimum absolute atomic E-state index is 0.138. The molecule has 0 amide bonds. The molecule has 0 aromatic heterocycles. The van der Waals surface area contributed by atoms with Crippen molar-refractivity contribution in [3.63, 3.8) is 0 Å². The molecule has 1 atom stereocenters. The van der Waals surface area contributed by atoms with Crippen molar-refractivity contribution in [2.24, 2.45) is 0 Å². The lowest BCUT2D eigenvalue weighted by Crippen LogP contribution is -2.11. The Labute approximate surface area is 82.5 Å². The maximum absolute atomic E-state index is 12.9. The average molecular weight is 199 g/mol. The van der Waals surface area contributed by atoms with Crippen LogP contribution in [0.3, 0.4) is 0 Å². The van der Waals surface area contributed by atoms with Gasteiger partial charge in [-0.15, -0.1) is 0 Å². The molecule has 4 heteroatoms. The van der Waals surface area contributed by atoms with Crippen LogP contribution >= 0.6 is 0 Å². The molecule has 0 bridgehead atoms. The third kappa shape index (κ3) is 2.68. The minimum atomic E-state index is -1.03. The van der Waals surface area contributed by atoms with Gasteiger partial charge in [-0.2, -0.15) is 5.48 Å². The molecule has 0 fully saturated rings. The van der Waals surface area contributed by atoms with Crippen LogP contribution in [0.25, 0.3) is 0 Å². The van der Waals surface area contributed by atoms with Crippen LogP contribution in [0.1, 0.15) is 24.2 Å². The molecule has 0 aliphatic rings. The fraction of sp³-hybridized carbons (Fsp3) is 0.400. The number of hydroxylamine groups is 1. The molecule has 1 rings (SSSR count). The maximum Gasteiger partial charge on any atom is 0.122 e. The largest absolute Gasteiger partial charge is 0.508 e. The number of alkyl halides is 1. The van der Waals surface area contributed by atoms with Crippen LogP contribution in [0.15, 0.2) is 18.2 Å². The average Bonchev–Trinajstić information content (AvgIpc) is 2.16. The summed E-state index contributed by atoms with van der Waals surface area (Å²) in [4.78, 5) is 4.65. The Morgan fingerprint density at radius 3 is 2.86 bits per heavy atom. The van der Waals surface area contributed by atoms with E-state index in [-0.39, 0.29) is 5.75 Å². The number of hydrogen-bond donors (Lipinski definition) is 2. The van der Waals surface area contributed by atoms with E-state index in [4.69, 9.17) is 0 Å². The number of phenols is 1. The summed E-state index contributed by atoms with van der Waals surface area (Å²) < 4.78 is 12.9. The van der Waals surface area contributed by atoms with Crippen LogP contribution < -0.4 is 5.48 Å². The van der Waals surface area contributed by atoms with E-state index in [0.29, 0.717) is 17.7 Å². The summed E-state index contributed by atoms with van der Waals surface area (Å²) in [7, 11) is 1.48. The van der Waals surface area contributed by atoms with E-state index in [1.54, 1.807) is 12.1 Å². The lowest BCUT2D eigenvalue weighted by molar-refractivity contribution is 0.0861. The number of rotatable bonds is 4. The first kappa shape index (κ1) is 10.9. The molecule has 78 valence electrons. The summed E-state index contributed by atoms with van der Waals surface area (Å²) in [6, 6.07) is 4.67. The third-order valence-electron chi connectivity index (χ3n) is 1.97. The van der Waals surface area contributed by atoms with Gasteiger partial charge in [0.15, 0.2) is 0 Å². The SMILES string of the molecule is CONCc1cc(C(C)F)ccc1O. The van der Waals surface area contributed by atoms with Crippen LogP contribution in [0.4, 0.5) is 4.39 Å². The van der Waals surface area contributed by atoms with E-state index in [2.05, 4.69) is 10.3 Å². The van der Waals surface area contributed by atoms with Gasteiger partial charge in [0.1, 0.15) is 11.9 Å². The van der Waals surface area contributed by atoms with Gasteiger partial charge in [-0.1, -0.05) is 6.07 Å². The fourth-order valence-electron chi connectivity index (χ4n) is 1.14. The Balaban J connectivity index is 2.85. The number of aromatic hydroxyl groups is 1. The summed E-state index contributed by atoms with van der Waals surface area (Å²) in [5, 5.41) is 9.43. The van der Waals surface area contributed by atoms with Gasteiger partial charge in [0, 0.05) is 12.1 Å². The first-order valence-electron chi connectivity index (χ1n) is 4.37. The Kier molecular flexibility index (Phi) is 3.85. The summed E-state index contributed by atoms with van der Waals surface area (Å²) >= 11 is 0. The second kappa shape index (κ2) is 4.93. The number of phenolic OH excluding ortho intramolecular Hbond substituents is 1. The van der Waals surface area contributed by atoms with Gasteiger partial charge in [-0.25, -0.2) is 4.39 Å². The Bertz CT molecular complexity index is 302. The molecule has 0 aliphatic carbocycles. The van der Waals surface area contributed by atoms with Crippen molar-refractivity contribution in [3.05, 3.63) is 29.3 Å². The topological polar surface area (TPSA) is 41.5 Å². The van der Waals surface area contributed by atoms with Crippen molar-refractivity contribution < 1.29 is 14.3 Å². The zero-order valence-corrected chi connectivity index (χ0v) is 8.25. The lowest BCUT2D eigenvalue weighted by atomic mass is 10.1. The van der Waals surface area contributed by atoms with Crippen molar-refractivity contribution in [3.8, 4) is 5.75 Å². The normalized spacial score (nSPS) is 12.8. The highest BCUT2D eigenvalue weighted by atomic mass is 19.1. The van der Waals surface area contributed by atoms with Gasteiger partial charge in [0.05, 0.1) is 7.11 Å². The minimum Gasteiger partial charge on any atom is -0.508 e. The van der Waals surface area contributed by atoms with E-state index >= 15 is 0 Å². The molecule has 14 heavy (non-hydrogen) atoms. The summed E-state index contributed by atoms with van der Waals surface area (Å²) in [6.45, 7) is 1.81. The second-order valence-corrected chi connectivity index (χ2v) is 3.03. The number of benzene rings is 1. The van der Waals surface area contributed by atoms with Gasteiger partial charge in [0.25, 0.3) is 0 Å². The smallest absolute Gasteiger partial charge is 0.122 e. The monoisotopic (exact) mass is 199 g/mol. The Morgan fingerprint density at radius 2 is 2.29 bits per heavy atom. The molecule has 1 aromatic rings. The number of hydrogen-bond acceptors (Lipinski definition) is 3. The first-order chi connectivity index (χ1) is 6.65. The standard InChI is InChI=1S/C10H14FNO2/c1-7(11)8-3-4-10(13)9(5-8)6-12-14-2/h3-5,7,12-13H,6H2,1-2H3. The number of halogens is 1. The lowest BCUT2D eigenvalue weighted by Gasteiger charge is -2.08. The van der Waals surface area contributed by atoms with Crippen LogP contribution in [-0.4, -0.2) is 12.2 Å². The first-order valence-corrected chi connectivity index (χ1v) is 4.37. The van der Waals surface area contributed by atoms with Crippen LogP contribution in [0.2, 0.25) is 0 Å².